The summed E-state index contributed by atoms with van der Waals surface area (Å²) in [6, 6.07) is 5.70. The summed E-state index contributed by atoms with van der Waals surface area (Å²) in [7, 11) is -0.469. The third-order valence-corrected chi connectivity index (χ3v) is 3.47. The van der Waals surface area contributed by atoms with Gasteiger partial charge in [-0.05, 0) is 40.8 Å². The van der Waals surface area contributed by atoms with Crippen molar-refractivity contribution in [3.05, 3.63) is 22.8 Å². The quantitative estimate of drug-likeness (QED) is 0.790. The Kier molecular flexibility index (Phi) is 4.26. The Morgan fingerprint density at radius 1 is 1.36 bits per heavy atom. The molecule has 14 heavy (non-hydrogen) atoms. The normalized spacial score (nSPS) is 12.6. The van der Waals surface area contributed by atoms with Gasteiger partial charge in [0.15, 0.2) is 0 Å². The van der Waals surface area contributed by atoms with Crippen LogP contribution in [0.2, 0.25) is 0 Å². The maximum Gasteiger partial charge on any atom is 0.214 e. The van der Waals surface area contributed by atoms with Crippen LogP contribution in [0.1, 0.15) is 0 Å². The second-order valence-electron chi connectivity index (χ2n) is 3.94. The molecule has 0 radical (unpaired) electrons. The van der Waals surface area contributed by atoms with Crippen molar-refractivity contribution in [3.63, 3.8) is 0 Å². The van der Waals surface area contributed by atoms with Crippen LogP contribution in [0.3, 0.4) is 0 Å². The molecule has 0 bridgehead atoms. The van der Waals surface area contributed by atoms with Gasteiger partial charge < -0.3 is 4.74 Å². The van der Waals surface area contributed by atoms with Gasteiger partial charge in [0.25, 0.3) is 0 Å². The van der Waals surface area contributed by atoms with E-state index in [1.165, 1.54) is 0 Å². The highest BCUT2D eigenvalue weighted by atomic mass is 79.9. The molecule has 1 rings (SSSR count). The Balaban J connectivity index is 2.39. The first-order chi connectivity index (χ1) is 6.47. The van der Waals surface area contributed by atoms with E-state index in [0.29, 0.717) is 5.88 Å². The highest BCUT2D eigenvalue weighted by Gasteiger charge is 2.04. The van der Waals surface area contributed by atoms with E-state index in [9.17, 15) is 0 Å². The van der Waals surface area contributed by atoms with Crippen LogP contribution in [-0.4, -0.2) is 36.1 Å². The van der Waals surface area contributed by atoms with Crippen LogP contribution >= 0.6 is 26.0 Å². The van der Waals surface area contributed by atoms with E-state index in [1.54, 1.807) is 0 Å². The number of nitrogens with zero attached hydrogens (tertiary/aromatic N) is 1. The minimum atomic E-state index is -0.469. The maximum absolute atomic E-state index is 5.54. The fourth-order valence-corrected chi connectivity index (χ4v) is 1.78. The smallest absolute Gasteiger partial charge is 0.214 e. The van der Waals surface area contributed by atoms with Crippen LogP contribution in [-0.2, 0) is 0 Å². The fourth-order valence-electron chi connectivity index (χ4n) is 0.866. The van der Waals surface area contributed by atoms with Gasteiger partial charge in [0.2, 0.25) is 5.88 Å². The topological polar surface area (TPSA) is 22.1 Å². The van der Waals surface area contributed by atoms with Gasteiger partial charge >= 0.3 is 0 Å². The van der Waals surface area contributed by atoms with Gasteiger partial charge in [0, 0.05) is 11.8 Å². The third kappa shape index (κ3) is 4.86. The summed E-state index contributed by atoms with van der Waals surface area (Å²) in [5.74, 6) is 1.81. The molecule has 0 amide bonds. The molecule has 0 aromatic carbocycles. The minimum Gasteiger partial charge on any atom is -0.477 e. The van der Waals surface area contributed by atoms with Crippen LogP contribution < -0.4 is 4.74 Å². The number of pyridine rings is 1. The summed E-state index contributed by atoms with van der Waals surface area (Å²) in [5.41, 5.74) is 0. The zero-order chi connectivity index (χ0) is 10.6. The summed E-state index contributed by atoms with van der Waals surface area (Å²) in [4.78, 5) is 4.20. The fraction of sp³-hybridized carbons (Fsp3) is 0.500. The molecule has 80 valence electrons. The Bertz CT molecular complexity index is 298. The summed E-state index contributed by atoms with van der Waals surface area (Å²) < 4.78 is 6.36. The summed E-state index contributed by atoms with van der Waals surface area (Å²) in [6.45, 7) is 0.752. The molecule has 0 spiro atoms. The van der Waals surface area contributed by atoms with E-state index < -0.39 is 10.0 Å². The average Bonchev–Trinajstić information content (AvgIpc) is 2.01. The molecule has 1 aromatic heterocycles. The van der Waals surface area contributed by atoms with E-state index in [1.807, 2.05) is 18.2 Å². The van der Waals surface area contributed by atoms with E-state index in [-0.39, 0.29) is 0 Å². The number of hydrogen-bond acceptors (Lipinski definition) is 2. The molecular formula is C10H16BrNOS. The van der Waals surface area contributed by atoms with Gasteiger partial charge in [0.05, 0.1) is 6.61 Å². The average molecular weight is 278 g/mol. The first kappa shape index (κ1) is 11.9. The molecule has 0 unspecified atom stereocenters. The molecule has 1 aromatic rings. The second kappa shape index (κ2) is 5.03. The number of hydrogen-bond donors (Lipinski definition) is 0. The van der Waals surface area contributed by atoms with E-state index in [2.05, 4.69) is 39.7 Å². The van der Waals surface area contributed by atoms with Crippen molar-refractivity contribution >= 4 is 26.0 Å². The number of ether oxygens (including phenoxy) is 1. The molecule has 0 saturated carbocycles. The van der Waals surface area contributed by atoms with E-state index in [4.69, 9.17) is 4.74 Å². The lowest BCUT2D eigenvalue weighted by Crippen LogP contribution is -2.09. The van der Waals surface area contributed by atoms with Crippen molar-refractivity contribution < 1.29 is 4.74 Å². The van der Waals surface area contributed by atoms with Crippen molar-refractivity contribution in [1.29, 1.82) is 0 Å². The highest BCUT2D eigenvalue weighted by Crippen LogP contribution is 2.33. The number of halogens is 1. The molecule has 0 aliphatic carbocycles. The van der Waals surface area contributed by atoms with Crippen LogP contribution in [0, 0.1) is 0 Å². The largest absolute Gasteiger partial charge is 0.477 e. The lowest BCUT2D eigenvalue weighted by molar-refractivity contribution is 0.329. The standard InChI is InChI=1S/C10H16BrNOS/c1-14(2,3)8-7-13-10-6-4-5-9(11)12-10/h4-6H,7-8H2,1-3H3. The van der Waals surface area contributed by atoms with Gasteiger partial charge in [-0.3, -0.25) is 0 Å². The third-order valence-electron chi connectivity index (χ3n) is 1.64. The molecular weight excluding hydrogens is 262 g/mol. The van der Waals surface area contributed by atoms with Crippen LogP contribution in [0.4, 0.5) is 0 Å². The molecule has 0 fully saturated rings. The van der Waals surface area contributed by atoms with Crippen LogP contribution in [0.5, 0.6) is 5.88 Å². The molecule has 0 saturated heterocycles. The van der Waals surface area contributed by atoms with Crippen molar-refractivity contribution in [2.45, 2.75) is 0 Å². The monoisotopic (exact) mass is 277 g/mol. The van der Waals surface area contributed by atoms with Crippen LogP contribution in [0.25, 0.3) is 0 Å². The minimum absolute atomic E-state index is 0.469. The number of rotatable bonds is 4. The van der Waals surface area contributed by atoms with Crippen molar-refractivity contribution in [2.24, 2.45) is 0 Å². The Labute approximate surface area is 95.5 Å². The van der Waals surface area contributed by atoms with Crippen LogP contribution in [0.15, 0.2) is 22.8 Å². The SMILES string of the molecule is CS(C)(C)CCOc1cccc(Br)n1. The Hall–Kier alpha value is -0.220. The lowest BCUT2D eigenvalue weighted by atomic mass is 10.5. The van der Waals surface area contributed by atoms with Crippen molar-refractivity contribution in [2.75, 3.05) is 31.1 Å². The maximum atomic E-state index is 5.54. The van der Waals surface area contributed by atoms with E-state index in [0.717, 1.165) is 17.0 Å². The molecule has 0 N–H and O–H groups in total. The van der Waals surface area contributed by atoms with E-state index >= 15 is 0 Å². The van der Waals surface area contributed by atoms with Gasteiger partial charge in [-0.25, -0.2) is 15.0 Å². The summed E-state index contributed by atoms with van der Waals surface area (Å²) in [5, 5.41) is 0. The van der Waals surface area contributed by atoms with Crippen molar-refractivity contribution in [3.8, 4) is 5.88 Å². The summed E-state index contributed by atoms with van der Waals surface area (Å²) in [6.07, 6.45) is 6.85. The van der Waals surface area contributed by atoms with Gasteiger partial charge in [-0.2, -0.15) is 0 Å². The molecule has 1 heterocycles. The second-order valence-corrected chi connectivity index (χ2v) is 9.34. The predicted octanol–water partition coefficient (Wildman–Crippen LogP) is 2.92. The summed E-state index contributed by atoms with van der Waals surface area (Å²) >= 11 is 3.31. The molecule has 0 atom stereocenters. The lowest BCUT2D eigenvalue weighted by Gasteiger charge is -2.24. The molecule has 0 aliphatic heterocycles. The zero-order valence-corrected chi connectivity index (χ0v) is 11.2. The first-order valence-electron chi connectivity index (χ1n) is 4.39. The first-order valence-corrected chi connectivity index (χ1v) is 8.21. The van der Waals surface area contributed by atoms with Gasteiger partial charge in [0.1, 0.15) is 4.60 Å². The molecule has 0 aliphatic rings. The Morgan fingerprint density at radius 3 is 2.64 bits per heavy atom. The molecule has 4 heteroatoms. The van der Waals surface area contributed by atoms with Crippen molar-refractivity contribution in [1.82, 2.24) is 4.98 Å². The molecule has 2 nitrogen and oxygen atoms in total. The predicted molar refractivity (Wildman–Crippen MR) is 67.7 cm³/mol. The highest BCUT2D eigenvalue weighted by molar-refractivity contribution is 9.10. The van der Waals surface area contributed by atoms with Gasteiger partial charge in [-0.15, -0.1) is 0 Å². The zero-order valence-electron chi connectivity index (χ0n) is 8.79. The number of aromatic nitrogens is 1. The Morgan fingerprint density at radius 2 is 2.07 bits per heavy atom. The van der Waals surface area contributed by atoms with Gasteiger partial charge in [-0.1, -0.05) is 6.07 Å².